The third-order valence-corrected chi connectivity index (χ3v) is 6.16. The lowest BCUT2D eigenvalue weighted by molar-refractivity contribution is -0.151. The summed E-state index contributed by atoms with van der Waals surface area (Å²) < 4.78 is 43.6. The first-order valence-electron chi connectivity index (χ1n) is 9.32. The summed E-state index contributed by atoms with van der Waals surface area (Å²) in [4.78, 5) is 39.0. The van der Waals surface area contributed by atoms with Crippen LogP contribution < -0.4 is 5.32 Å². The first kappa shape index (κ1) is 21.5. The molecule has 1 aromatic carbocycles. The minimum Gasteiger partial charge on any atom is -0.466 e. The van der Waals surface area contributed by atoms with Crippen molar-refractivity contribution in [1.29, 1.82) is 0 Å². The van der Waals surface area contributed by atoms with E-state index in [1.54, 1.807) is 11.8 Å². The molecule has 0 saturated carbocycles. The summed E-state index contributed by atoms with van der Waals surface area (Å²) in [5.41, 5.74) is -0.746. The number of esters is 1. The summed E-state index contributed by atoms with van der Waals surface area (Å²) in [6.45, 7) is 2.75. The number of fused-ring (bicyclic) bond motifs is 1. The molecule has 2 atom stereocenters. The van der Waals surface area contributed by atoms with Gasteiger partial charge in [0, 0.05) is 24.4 Å². The molecule has 0 bridgehead atoms. The van der Waals surface area contributed by atoms with Gasteiger partial charge in [-0.15, -0.1) is 11.8 Å². The van der Waals surface area contributed by atoms with Gasteiger partial charge in [-0.05, 0) is 38.0 Å². The van der Waals surface area contributed by atoms with E-state index in [1.165, 1.54) is 6.07 Å². The third kappa shape index (κ3) is 5.04. The van der Waals surface area contributed by atoms with Gasteiger partial charge in [0.05, 0.1) is 29.0 Å². The van der Waals surface area contributed by atoms with Gasteiger partial charge >= 0.3 is 12.1 Å². The number of nitrogens with zero attached hydrogens (tertiary/aromatic N) is 1. The maximum absolute atomic E-state index is 12.8. The number of nitrogens with one attached hydrogen (secondary N) is 1. The molecule has 2 aliphatic heterocycles. The molecule has 1 saturated heterocycles. The van der Waals surface area contributed by atoms with Gasteiger partial charge in [0.1, 0.15) is 0 Å². The molecule has 2 heterocycles. The molecule has 1 aromatic rings. The highest BCUT2D eigenvalue weighted by Gasteiger charge is 2.36. The number of ether oxygens (including phenoxy) is 1. The number of likely N-dealkylation sites (tertiary alicyclic amines) is 1. The molecule has 0 aromatic heterocycles. The molecule has 0 spiro atoms. The van der Waals surface area contributed by atoms with Crippen molar-refractivity contribution >= 4 is 35.2 Å². The van der Waals surface area contributed by atoms with E-state index in [4.69, 9.17) is 4.74 Å². The summed E-state index contributed by atoms with van der Waals surface area (Å²) in [6.07, 6.45) is -3.27. The Morgan fingerprint density at radius 2 is 2.10 bits per heavy atom. The fourth-order valence-electron chi connectivity index (χ4n) is 3.40. The number of alkyl halides is 3. The largest absolute Gasteiger partial charge is 0.466 e. The highest BCUT2D eigenvalue weighted by atomic mass is 32.2. The van der Waals surface area contributed by atoms with Gasteiger partial charge in [0.2, 0.25) is 11.8 Å². The van der Waals surface area contributed by atoms with Crippen LogP contribution in [0.3, 0.4) is 0 Å². The second-order valence-electron chi connectivity index (χ2n) is 6.94. The minimum absolute atomic E-state index is 0.0908. The van der Waals surface area contributed by atoms with Crippen LogP contribution in [-0.4, -0.2) is 47.6 Å². The maximum atomic E-state index is 12.8. The van der Waals surface area contributed by atoms with Gasteiger partial charge in [-0.1, -0.05) is 0 Å². The molecule has 10 heteroatoms. The third-order valence-electron chi connectivity index (χ3n) is 4.88. The number of piperidine rings is 1. The molecule has 0 unspecified atom stereocenters. The van der Waals surface area contributed by atoms with E-state index in [-0.39, 0.29) is 43.1 Å². The van der Waals surface area contributed by atoms with Crippen LogP contribution in [0.15, 0.2) is 23.1 Å². The van der Waals surface area contributed by atoms with E-state index in [2.05, 4.69) is 5.32 Å². The van der Waals surface area contributed by atoms with Gasteiger partial charge in [-0.3, -0.25) is 14.4 Å². The Balaban J connectivity index is 1.64. The van der Waals surface area contributed by atoms with Gasteiger partial charge in [-0.25, -0.2) is 0 Å². The Labute approximate surface area is 170 Å². The average Bonchev–Trinajstić information content (AvgIpc) is 2.67. The Hall–Kier alpha value is -2.23. The fourth-order valence-corrected chi connectivity index (χ4v) is 4.49. The van der Waals surface area contributed by atoms with Crippen molar-refractivity contribution in [1.82, 2.24) is 4.90 Å². The van der Waals surface area contributed by atoms with E-state index in [1.807, 2.05) is 0 Å². The Kier molecular flexibility index (Phi) is 6.40. The van der Waals surface area contributed by atoms with Crippen molar-refractivity contribution in [3.05, 3.63) is 23.8 Å². The Morgan fingerprint density at radius 3 is 2.79 bits per heavy atom. The number of hydrogen-bond acceptors (Lipinski definition) is 5. The molecule has 2 amide bonds. The average molecular weight is 430 g/mol. The number of halogens is 3. The number of carbonyl (C=O) groups is 3. The summed E-state index contributed by atoms with van der Waals surface area (Å²) in [5.74, 6) is -1.47. The quantitative estimate of drug-likeness (QED) is 0.742. The van der Waals surface area contributed by atoms with Crippen LogP contribution in [0.2, 0.25) is 0 Å². The smallest absolute Gasteiger partial charge is 0.416 e. The molecule has 6 nitrogen and oxygen atoms in total. The zero-order valence-corrected chi connectivity index (χ0v) is 16.6. The Bertz CT molecular complexity index is 815. The van der Waals surface area contributed by atoms with Crippen molar-refractivity contribution in [3.63, 3.8) is 0 Å². The van der Waals surface area contributed by atoms with Crippen molar-refractivity contribution in [2.45, 2.75) is 42.5 Å². The van der Waals surface area contributed by atoms with Gasteiger partial charge in [-0.2, -0.15) is 13.2 Å². The number of amides is 2. The van der Waals surface area contributed by atoms with E-state index in [0.717, 1.165) is 23.9 Å². The van der Waals surface area contributed by atoms with E-state index < -0.39 is 22.9 Å². The fraction of sp³-hybridized carbons (Fsp3) is 0.526. The molecule has 0 radical (unpaired) electrons. The van der Waals surface area contributed by atoms with Crippen molar-refractivity contribution in [2.75, 3.05) is 25.0 Å². The lowest BCUT2D eigenvalue weighted by Crippen LogP contribution is -2.44. The summed E-state index contributed by atoms with van der Waals surface area (Å²) >= 11 is 1.07. The SMILES string of the molecule is CCOC(=O)[C@@H]1CCCN(C(=O)C[C@@H]2Sc3ccc(C(F)(F)F)cc3NC2=O)C1. The van der Waals surface area contributed by atoms with Crippen LogP contribution in [0.25, 0.3) is 0 Å². The standard InChI is InChI=1S/C19H21F3N2O4S/c1-2-28-18(27)11-4-3-7-24(10-11)16(25)9-15-17(26)23-13-8-12(19(20,21)22)5-6-14(13)29-15/h5-6,8,11,15H,2-4,7,9-10H2,1H3,(H,23,26)/t11-,15+/m1/s1. The van der Waals surface area contributed by atoms with Gasteiger partial charge in [0.25, 0.3) is 0 Å². The summed E-state index contributed by atoms with van der Waals surface area (Å²) in [7, 11) is 0. The predicted octanol–water partition coefficient (Wildman–Crippen LogP) is 3.31. The second kappa shape index (κ2) is 8.64. The molecule has 2 aliphatic rings. The second-order valence-corrected chi connectivity index (χ2v) is 8.18. The zero-order chi connectivity index (χ0) is 21.2. The van der Waals surface area contributed by atoms with Crippen LogP contribution in [0.1, 0.15) is 31.7 Å². The first-order chi connectivity index (χ1) is 13.7. The number of anilines is 1. The highest BCUT2D eigenvalue weighted by Crippen LogP contribution is 2.40. The molecule has 1 fully saturated rings. The maximum Gasteiger partial charge on any atom is 0.416 e. The number of carbonyl (C=O) groups excluding carboxylic acids is 3. The summed E-state index contributed by atoms with van der Waals surface area (Å²) in [5, 5.41) is 1.73. The van der Waals surface area contributed by atoms with Crippen LogP contribution in [0, 0.1) is 5.92 Å². The molecule has 158 valence electrons. The predicted molar refractivity (Wildman–Crippen MR) is 100 cm³/mol. The zero-order valence-electron chi connectivity index (χ0n) is 15.8. The molecular formula is C19H21F3N2O4S. The van der Waals surface area contributed by atoms with E-state index in [0.29, 0.717) is 24.3 Å². The molecule has 29 heavy (non-hydrogen) atoms. The topological polar surface area (TPSA) is 75.7 Å². The molecule has 1 N–H and O–H groups in total. The van der Waals surface area contributed by atoms with Crippen molar-refractivity contribution in [3.8, 4) is 0 Å². The number of rotatable bonds is 4. The monoisotopic (exact) mass is 430 g/mol. The lowest BCUT2D eigenvalue weighted by atomic mass is 9.98. The molecule has 0 aliphatic carbocycles. The van der Waals surface area contributed by atoms with Crippen LogP contribution in [0.5, 0.6) is 0 Å². The first-order valence-corrected chi connectivity index (χ1v) is 10.2. The minimum atomic E-state index is -4.50. The normalized spacial score (nSPS) is 21.9. The van der Waals surface area contributed by atoms with Crippen LogP contribution >= 0.6 is 11.8 Å². The summed E-state index contributed by atoms with van der Waals surface area (Å²) in [6, 6.07) is 3.15. The molecule has 3 rings (SSSR count). The van der Waals surface area contributed by atoms with Gasteiger partial charge < -0.3 is 15.0 Å². The van der Waals surface area contributed by atoms with Crippen molar-refractivity contribution < 1.29 is 32.3 Å². The number of benzene rings is 1. The van der Waals surface area contributed by atoms with Gasteiger partial charge in [0.15, 0.2) is 0 Å². The van der Waals surface area contributed by atoms with E-state index >= 15 is 0 Å². The Morgan fingerprint density at radius 1 is 1.34 bits per heavy atom. The van der Waals surface area contributed by atoms with Crippen LogP contribution in [-0.2, 0) is 25.3 Å². The number of thioether (sulfide) groups is 1. The highest BCUT2D eigenvalue weighted by molar-refractivity contribution is 8.01. The van der Waals surface area contributed by atoms with Crippen molar-refractivity contribution in [2.24, 2.45) is 5.92 Å². The number of hydrogen-bond donors (Lipinski definition) is 1. The lowest BCUT2D eigenvalue weighted by Gasteiger charge is -2.33. The van der Waals surface area contributed by atoms with E-state index in [9.17, 15) is 27.6 Å². The molecular weight excluding hydrogens is 409 g/mol. The van der Waals surface area contributed by atoms with Crippen LogP contribution in [0.4, 0.5) is 18.9 Å².